The van der Waals surface area contributed by atoms with E-state index >= 15 is 0 Å². The molecule has 0 amide bonds. The van der Waals surface area contributed by atoms with E-state index in [0.717, 1.165) is 11.1 Å². The molecular formula is C12H6BrN3O. The SMILES string of the molecule is N#Cc1cccc2[nH]c(-c3ccoc3Br)nc12. The molecule has 1 aromatic carbocycles. The number of benzene rings is 1. The van der Waals surface area contributed by atoms with Crippen LogP contribution in [0.3, 0.4) is 0 Å². The Morgan fingerprint density at radius 2 is 2.24 bits per heavy atom. The van der Waals surface area contributed by atoms with E-state index in [4.69, 9.17) is 9.68 Å². The Morgan fingerprint density at radius 3 is 2.94 bits per heavy atom. The summed E-state index contributed by atoms with van der Waals surface area (Å²) in [7, 11) is 0. The molecule has 0 aliphatic heterocycles. The van der Waals surface area contributed by atoms with Crippen LogP contribution in [-0.2, 0) is 0 Å². The molecule has 3 rings (SSSR count). The lowest BCUT2D eigenvalue weighted by Crippen LogP contribution is -1.78. The first-order chi connectivity index (χ1) is 8.29. The van der Waals surface area contributed by atoms with Gasteiger partial charge in [0.2, 0.25) is 0 Å². The Balaban J connectivity index is 2.28. The van der Waals surface area contributed by atoms with Gasteiger partial charge in [-0.2, -0.15) is 5.26 Å². The third-order valence-corrected chi connectivity index (χ3v) is 3.12. The number of imidazole rings is 1. The Labute approximate surface area is 105 Å². The summed E-state index contributed by atoms with van der Waals surface area (Å²) in [6, 6.07) is 9.40. The van der Waals surface area contributed by atoms with Crippen LogP contribution in [0.25, 0.3) is 22.4 Å². The Kier molecular flexibility index (Phi) is 2.23. The van der Waals surface area contributed by atoms with Gasteiger partial charge in [-0.15, -0.1) is 0 Å². The number of aromatic amines is 1. The lowest BCUT2D eigenvalue weighted by Gasteiger charge is -1.89. The van der Waals surface area contributed by atoms with Crippen LogP contribution in [0, 0.1) is 11.3 Å². The summed E-state index contributed by atoms with van der Waals surface area (Å²) in [5, 5.41) is 9.00. The third kappa shape index (κ3) is 1.54. The second-order valence-electron chi connectivity index (χ2n) is 3.51. The summed E-state index contributed by atoms with van der Waals surface area (Å²) in [5.74, 6) is 0.684. The lowest BCUT2D eigenvalue weighted by atomic mass is 10.2. The summed E-state index contributed by atoms with van der Waals surface area (Å²) < 4.78 is 5.78. The molecule has 0 unspecified atom stereocenters. The lowest BCUT2D eigenvalue weighted by molar-refractivity contribution is 0.542. The average molecular weight is 288 g/mol. The van der Waals surface area contributed by atoms with E-state index in [1.165, 1.54) is 0 Å². The Morgan fingerprint density at radius 1 is 1.35 bits per heavy atom. The number of nitriles is 1. The molecule has 0 bridgehead atoms. The summed E-state index contributed by atoms with van der Waals surface area (Å²) >= 11 is 3.30. The largest absolute Gasteiger partial charge is 0.457 e. The van der Waals surface area contributed by atoms with E-state index in [1.807, 2.05) is 18.2 Å². The molecule has 82 valence electrons. The highest BCUT2D eigenvalue weighted by atomic mass is 79.9. The van der Waals surface area contributed by atoms with E-state index in [1.54, 1.807) is 12.3 Å². The normalized spacial score (nSPS) is 10.6. The molecule has 4 nitrogen and oxygen atoms in total. The topological polar surface area (TPSA) is 65.6 Å². The van der Waals surface area contributed by atoms with Crippen molar-refractivity contribution in [2.45, 2.75) is 0 Å². The molecule has 0 saturated heterocycles. The van der Waals surface area contributed by atoms with Gasteiger partial charge in [-0.1, -0.05) is 6.07 Å². The molecule has 2 aromatic heterocycles. The standard InChI is InChI=1S/C12H6BrN3O/c13-11-8(4-5-17-11)12-15-9-3-1-2-7(6-14)10(9)16-12/h1-5H,(H,15,16). The van der Waals surface area contributed by atoms with Crippen LogP contribution < -0.4 is 0 Å². The maximum absolute atomic E-state index is 9.00. The summed E-state index contributed by atoms with van der Waals surface area (Å²) in [6.07, 6.45) is 1.58. The molecule has 0 spiro atoms. The van der Waals surface area contributed by atoms with Crippen LogP contribution in [0.2, 0.25) is 0 Å². The molecule has 17 heavy (non-hydrogen) atoms. The van der Waals surface area contributed by atoms with Gasteiger partial charge in [-0.05, 0) is 34.1 Å². The molecule has 5 heteroatoms. The van der Waals surface area contributed by atoms with Crippen LogP contribution >= 0.6 is 15.9 Å². The van der Waals surface area contributed by atoms with Crippen molar-refractivity contribution in [3.63, 3.8) is 0 Å². The molecule has 0 aliphatic carbocycles. The van der Waals surface area contributed by atoms with Crippen molar-refractivity contribution in [3.05, 3.63) is 40.8 Å². The number of hydrogen-bond donors (Lipinski definition) is 1. The number of aromatic nitrogens is 2. The number of nitrogens with zero attached hydrogens (tertiary/aromatic N) is 2. The van der Waals surface area contributed by atoms with Gasteiger partial charge in [0.15, 0.2) is 4.67 Å². The number of halogens is 1. The number of H-pyrrole nitrogens is 1. The molecule has 0 radical (unpaired) electrons. The van der Waals surface area contributed by atoms with E-state index < -0.39 is 0 Å². The van der Waals surface area contributed by atoms with Crippen LogP contribution in [0.15, 0.2) is 39.6 Å². The van der Waals surface area contributed by atoms with Gasteiger partial charge >= 0.3 is 0 Å². The van der Waals surface area contributed by atoms with Gasteiger partial charge in [0.1, 0.15) is 17.4 Å². The number of furan rings is 1. The number of hydrogen-bond acceptors (Lipinski definition) is 3. The van der Waals surface area contributed by atoms with Crippen LogP contribution in [0.4, 0.5) is 0 Å². The minimum absolute atomic E-state index is 0.560. The average Bonchev–Trinajstić information content (AvgIpc) is 2.93. The molecule has 0 fully saturated rings. The maximum Gasteiger partial charge on any atom is 0.179 e. The van der Waals surface area contributed by atoms with E-state index in [0.29, 0.717) is 21.6 Å². The molecule has 0 aliphatic rings. The zero-order valence-corrected chi connectivity index (χ0v) is 10.2. The minimum Gasteiger partial charge on any atom is -0.457 e. The zero-order chi connectivity index (χ0) is 11.8. The Hall–Kier alpha value is -2.06. The second-order valence-corrected chi connectivity index (χ2v) is 4.23. The summed E-state index contributed by atoms with van der Waals surface area (Å²) in [4.78, 5) is 7.58. The third-order valence-electron chi connectivity index (χ3n) is 2.51. The fourth-order valence-electron chi connectivity index (χ4n) is 1.71. The quantitative estimate of drug-likeness (QED) is 0.745. The van der Waals surface area contributed by atoms with Gasteiger partial charge < -0.3 is 9.40 Å². The predicted molar refractivity (Wildman–Crippen MR) is 66.2 cm³/mol. The highest BCUT2D eigenvalue weighted by Crippen LogP contribution is 2.29. The van der Waals surface area contributed by atoms with Crippen molar-refractivity contribution in [3.8, 4) is 17.5 Å². The first-order valence-electron chi connectivity index (χ1n) is 4.92. The summed E-state index contributed by atoms with van der Waals surface area (Å²) in [6.45, 7) is 0. The first kappa shape index (κ1) is 10.1. The maximum atomic E-state index is 9.00. The van der Waals surface area contributed by atoms with Gasteiger partial charge in [-0.3, -0.25) is 0 Å². The van der Waals surface area contributed by atoms with Gasteiger partial charge in [-0.25, -0.2) is 4.98 Å². The number of para-hydroxylation sites is 1. The molecular weight excluding hydrogens is 282 g/mol. The predicted octanol–water partition coefficient (Wildman–Crippen LogP) is 3.46. The molecule has 3 aromatic rings. The number of nitrogens with one attached hydrogen (secondary N) is 1. The smallest absolute Gasteiger partial charge is 0.179 e. The van der Waals surface area contributed by atoms with Crippen molar-refractivity contribution in [2.24, 2.45) is 0 Å². The van der Waals surface area contributed by atoms with E-state index in [-0.39, 0.29) is 0 Å². The van der Waals surface area contributed by atoms with Crippen molar-refractivity contribution in [1.82, 2.24) is 9.97 Å². The molecule has 0 atom stereocenters. The van der Waals surface area contributed by atoms with Crippen LogP contribution in [-0.4, -0.2) is 9.97 Å². The van der Waals surface area contributed by atoms with Gasteiger partial charge in [0.05, 0.1) is 22.9 Å². The number of fused-ring (bicyclic) bond motifs is 1. The highest BCUT2D eigenvalue weighted by molar-refractivity contribution is 9.10. The highest BCUT2D eigenvalue weighted by Gasteiger charge is 2.12. The van der Waals surface area contributed by atoms with E-state index in [2.05, 4.69) is 32.0 Å². The fraction of sp³-hybridized carbons (Fsp3) is 0. The van der Waals surface area contributed by atoms with Gasteiger partial charge in [0, 0.05) is 0 Å². The molecule has 2 heterocycles. The monoisotopic (exact) mass is 287 g/mol. The Bertz CT molecular complexity index is 736. The first-order valence-corrected chi connectivity index (χ1v) is 5.71. The van der Waals surface area contributed by atoms with Gasteiger partial charge in [0.25, 0.3) is 0 Å². The van der Waals surface area contributed by atoms with Crippen molar-refractivity contribution in [1.29, 1.82) is 5.26 Å². The summed E-state index contributed by atoms with van der Waals surface area (Å²) in [5.41, 5.74) is 2.92. The van der Waals surface area contributed by atoms with Crippen molar-refractivity contribution < 1.29 is 4.42 Å². The van der Waals surface area contributed by atoms with Crippen LogP contribution in [0.1, 0.15) is 5.56 Å². The van der Waals surface area contributed by atoms with Crippen molar-refractivity contribution in [2.75, 3.05) is 0 Å². The molecule has 1 N–H and O–H groups in total. The second kappa shape index (κ2) is 3.75. The van der Waals surface area contributed by atoms with Crippen LogP contribution in [0.5, 0.6) is 0 Å². The molecule has 0 saturated carbocycles. The van der Waals surface area contributed by atoms with E-state index in [9.17, 15) is 0 Å². The fourth-order valence-corrected chi connectivity index (χ4v) is 2.14. The zero-order valence-electron chi connectivity index (χ0n) is 8.57. The minimum atomic E-state index is 0.560. The number of rotatable bonds is 1. The van der Waals surface area contributed by atoms with Crippen molar-refractivity contribution >= 4 is 27.0 Å².